The van der Waals surface area contributed by atoms with Crippen LogP contribution in [0.15, 0.2) is 18.2 Å². The average molecular weight is 268 g/mol. The van der Waals surface area contributed by atoms with Gasteiger partial charge in [0, 0.05) is 6.54 Å². The molecule has 0 atom stereocenters. The lowest BCUT2D eigenvalue weighted by Gasteiger charge is -2.20. The number of carbonyl (C=O) groups is 1. The van der Waals surface area contributed by atoms with Crippen LogP contribution in [0.25, 0.3) is 0 Å². The fraction of sp³-hybridized carbons (Fsp3) is 0.500. The Labute approximate surface area is 112 Å². The second-order valence-corrected chi connectivity index (χ2v) is 5.22. The number of aromatic carboxylic acids is 1. The highest BCUT2D eigenvalue weighted by molar-refractivity contribution is 6.33. The first-order valence-electron chi connectivity index (χ1n) is 6.41. The molecule has 2 rings (SSSR count). The van der Waals surface area contributed by atoms with Crippen molar-refractivity contribution in [2.75, 3.05) is 13.1 Å². The van der Waals surface area contributed by atoms with Crippen molar-refractivity contribution in [1.29, 1.82) is 0 Å². The van der Waals surface area contributed by atoms with E-state index in [1.807, 2.05) is 6.07 Å². The van der Waals surface area contributed by atoms with Crippen molar-refractivity contribution in [3.05, 3.63) is 34.3 Å². The van der Waals surface area contributed by atoms with Gasteiger partial charge in [0.15, 0.2) is 0 Å². The molecule has 1 aromatic carbocycles. The molecule has 1 heterocycles. The molecular formula is C14H18ClNO2. The molecule has 1 N–H and O–H groups in total. The summed E-state index contributed by atoms with van der Waals surface area (Å²) in [6.07, 6.45) is 5.08. The maximum Gasteiger partial charge on any atom is 0.337 e. The summed E-state index contributed by atoms with van der Waals surface area (Å²) in [7, 11) is 0. The number of benzene rings is 1. The first-order chi connectivity index (χ1) is 8.66. The van der Waals surface area contributed by atoms with Gasteiger partial charge < -0.3 is 5.11 Å². The maximum absolute atomic E-state index is 11.0. The molecule has 1 fully saturated rings. The van der Waals surface area contributed by atoms with Gasteiger partial charge in [-0.1, -0.05) is 30.5 Å². The van der Waals surface area contributed by atoms with Crippen LogP contribution in [0.3, 0.4) is 0 Å². The van der Waals surface area contributed by atoms with Gasteiger partial charge in [-0.2, -0.15) is 0 Å². The molecule has 1 aliphatic heterocycles. The highest BCUT2D eigenvalue weighted by atomic mass is 35.5. The second-order valence-electron chi connectivity index (χ2n) is 4.81. The zero-order valence-corrected chi connectivity index (χ0v) is 11.1. The van der Waals surface area contributed by atoms with Gasteiger partial charge in [-0.25, -0.2) is 4.79 Å². The molecular weight excluding hydrogens is 250 g/mol. The van der Waals surface area contributed by atoms with E-state index in [2.05, 4.69) is 4.90 Å². The number of halogens is 1. The molecule has 4 heteroatoms. The fourth-order valence-corrected chi connectivity index (χ4v) is 2.59. The van der Waals surface area contributed by atoms with Crippen LogP contribution in [-0.4, -0.2) is 29.1 Å². The van der Waals surface area contributed by atoms with Crippen molar-refractivity contribution in [2.45, 2.75) is 32.2 Å². The monoisotopic (exact) mass is 267 g/mol. The maximum atomic E-state index is 11.0. The van der Waals surface area contributed by atoms with Crippen molar-refractivity contribution < 1.29 is 9.90 Å². The Morgan fingerprint density at radius 3 is 2.50 bits per heavy atom. The number of nitrogens with zero attached hydrogens (tertiary/aromatic N) is 1. The smallest absolute Gasteiger partial charge is 0.337 e. The molecule has 0 saturated carbocycles. The summed E-state index contributed by atoms with van der Waals surface area (Å²) in [6.45, 7) is 3.02. The van der Waals surface area contributed by atoms with Crippen LogP contribution < -0.4 is 0 Å². The summed E-state index contributed by atoms with van der Waals surface area (Å²) < 4.78 is 0. The molecule has 98 valence electrons. The van der Waals surface area contributed by atoms with Gasteiger partial charge in [-0.15, -0.1) is 0 Å². The van der Waals surface area contributed by atoms with E-state index in [1.54, 1.807) is 12.1 Å². The van der Waals surface area contributed by atoms with Crippen molar-refractivity contribution in [3.63, 3.8) is 0 Å². The molecule has 1 aromatic rings. The number of carboxylic acid groups (broad SMARTS) is 1. The summed E-state index contributed by atoms with van der Waals surface area (Å²) in [4.78, 5) is 13.4. The highest BCUT2D eigenvalue weighted by Crippen LogP contribution is 2.20. The Morgan fingerprint density at radius 2 is 1.89 bits per heavy atom. The Hall–Kier alpha value is -1.06. The molecule has 0 amide bonds. The topological polar surface area (TPSA) is 40.5 Å². The van der Waals surface area contributed by atoms with Crippen LogP contribution in [0, 0.1) is 0 Å². The van der Waals surface area contributed by atoms with E-state index >= 15 is 0 Å². The summed E-state index contributed by atoms with van der Waals surface area (Å²) in [5, 5.41) is 9.35. The molecule has 1 saturated heterocycles. The average Bonchev–Trinajstić information content (AvgIpc) is 2.60. The lowest BCUT2D eigenvalue weighted by Crippen LogP contribution is -2.24. The fourth-order valence-electron chi connectivity index (χ4n) is 2.39. The lowest BCUT2D eigenvalue weighted by molar-refractivity contribution is 0.0697. The molecule has 1 aliphatic rings. The zero-order valence-electron chi connectivity index (χ0n) is 10.4. The van der Waals surface area contributed by atoms with E-state index < -0.39 is 5.97 Å². The summed E-state index contributed by atoms with van der Waals surface area (Å²) >= 11 is 5.87. The molecule has 0 bridgehead atoms. The van der Waals surface area contributed by atoms with Gasteiger partial charge >= 0.3 is 5.97 Å². The summed E-state index contributed by atoms with van der Waals surface area (Å²) in [6, 6.07) is 5.29. The van der Waals surface area contributed by atoms with E-state index in [9.17, 15) is 4.79 Å². The number of hydrogen-bond acceptors (Lipinski definition) is 2. The van der Waals surface area contributed by atoms with Gasteiger partial charge in [0.05, 0.1) is 10.6 Å². The van der Waals surface area contributed by atoms with Crippen molar-refractivity contribution in [1.82, 2.24) is 4.90 Å². The first-order valence-corrected chi connectivity index (χ1v) is 6.78. The standard InChI is InChI=1S/C14H18ClNO2/c15-13-6-5-11(9-12(13)14(17)18)10-16-7-3-1-2-4-8-16/h5-6,9H,1-4,7-8,10H2,(H,17,18). The van der Waals surface area contributed by atoms with Crippen LogP contribution in [0.5, 0.6) is 0 Å². The Bertz CT molecular complexity index is 426. The predicted molar refractivity (Wildman–Crippen MR) is 72.2 cm³/mol. The third kappa shape index (κ3) is 3.47. The molecule has 18 heavy (non-hydrogen) atoms. The van der Waals surface area contributed by atoms with Crippen LogP contribution >= 0.6 is 11.6 Å². The largest absolute Gasteiger partial charge is 0.478 e. The van der Waals surface area contributed by atoms with E-state index in [4.69, 9.17) is 16.7 Å². The van der Waals surface area contributed by atoms with E-state index in [0.717, 1.165) is 25.2 Å². The van der Waals surface area contributed by atoms with Crippen LogP contribution in [0.4, 0.5) is 0 Å². The Kier molecular flexibility index (Phi) is 4.61. The minimum absolute atomic E-state index is 0.198. The number of rotatable bonds is 3. The van der Waals surface area contributed by atoms with Gasteiger partial charge in [0.1, 0.15) is 0 Å². The van der Waals surface area contributed by atoms with Crippen LogP contribution in [0.1, 0.15) is 41.6 Å². The van der Waals surface area contributed by atoms with Crippen molar-refractivity contribution >= 4 is 17.6 Å². The second kappa shape index (κ2) is 6.21. The Morgan fingerprint density at radius 1 is 1.22 bits per heavy atom. The Balaban J connectivity index is 2.08. The van der Waals surface area contributed by atoms with Crippen LogP contribution in [-0.2, 0) is 6.54 Å². The number of hydrogen-bond donors (Lipinski definition) is 1. The number of carboxylic acids is 1. The van der Waals surface area contributed by atoms with Crippen molar-refractivity contribution in [2.24, 2.45) is 0 Å². The van der Waals surface area contributed by atoms with Crippen LogP contribution in [0.2, 0.25) is 5.02 Å². The van der Waals surface area contributed by atoms with Gasteiger partial charge in [0.2, 0.25) is 0 Å². The van der Waals surface area contributed by atoms with Gasteiger partial charge in [-0.3, -0.25) is 4.90 Å². The molecule has 0 aliphatic carbocycles. The molecule has 0 spiro atoms. The highest BCUT2D eigenvalue weighted by Gasteiger charge is 2.13. The molecule has 0 unspecified atom stereocenters. The SMILES string of the molecule is O=C(O)c1cc(CN2CCCCCC2)ccc1Cl. The third-order valence-corrected chi connectivity index (χ3v) is 3.70. The quantitative estimate of drug-likeness (QED) is 0.912. The summed E-state index contributed by atoms with van der Waals surface area (Å²) in [5.74, 6) is -0.960. The first kappa shape index (κ1) is 13.4. The minimum atomic E-state index is -0.960. The summed E-state index contributed by atoms with van der Waals surface area (Å²) in [5.41, 5.74) is 1.22. The molecule has 3 nitrogen and oxygen atoms in total. The number of likely N-dealkylation sites (tertiary alicyclic amines) is 1. The minimum Gasteiger partial charge on any atom is -0.478 e. The lowest BCUT2D eigenvalue weighted by atomic mass is 10.1. The predicted octanol–water partition coefficient (Wildman–Crippen LogP) is 3.41. The van der Waals surface area contributed by atoms with E-state index in [-0.39, 0.29) is 5.56 Å². The van der Waals surface area contributed by atoms with E-state index in [1.165, 1.54) is 25.7 Å². The molecule has 0 radical (unpaired) electrons. The molecule has 0 aromatic heterocycles. The van der Waals surface area contributed by atoms with Gasteiger partial charge in [-0.05, 0) is 43.6 Å². The van der Waals surface area contributed by atoms with Crippen molar-refractivity contribution in [3.8, 4) is 0 Å². The normalized spacial score (nSPS) is 17.4. The third-order valence-electron chi connectivity index (χ3n) is 3.37. The zero-order chi connectivity index (χ0) is 13.0. The van der Waals surface area contributed by atoms with Gasteiger partial charge in [0.25, 0.3) is 0 Å². The van der Waals surface area contributed by atoms with E-state index in [0.29, 0.717) is 5.02 Å².